The zero-order valence-electron chi connectivity index (χ0n) is 10.1. The van der Waals surface area contributed by atoms with Gasteiger partial charge in [0.05, 0.1) is 12.2 Å². The predicted octanol–water partition coefficient (Wildman–Crippen LogP) is 1.11. The average Bonchev–Trinajstić information content (AvgIpc) is 2.85. The summed E-state index contributed by atoms with van der Waals surface area (Å²) < 4.78 is 32.9. The van der Waals surface area contributed by atoms with Gasteiger partial charge in [-0.1, -0.05) is 0 Å². The van der Waals surface area contributed by atoms with Crippen molar-refractivity contribution in [3.8, 4) is 5.88 Å². The van der Waals surface area contributed by atoms with E-state index in [1.54, 1.807) is 14.0 Å². The number of hydrogen-bond acceptors (Lipinski definition) is 3. The van der Waals surface area contributed by atoms with Crippen molar-refractivity contribution in [2.45, 2.75) is 19.3 Å². The molecule has 1 aromatic rings. The van der Waals surface area contributed by atoms with Gasteiger partial charge in [0.1, 0.15) is 18.2 Å². The summed E-state index contributed by atoms with van der Waals surface area (Å²) in [6.45, 7) is 2.33. The third-order valence-electron chi connectivity index (χ3n) is 3.35. The number of halogens is 2. The lowest BCUT2D eigenvalue weighted by molar-refractivity contribution is -0.122. The van der Waals surface area contributed by atoms with E-state index < -0.39 is 17.7 Å². The largest absolute Gasteiger partial charge is 0.474 e. The molecular weight excluding hydrogens is 244 g/mol. The molecule has 1 amide bonds. The minimum Gasteiger partial charge on any atom is -0.474 e. The predicted molar refractivity (Wildman–Crippen MR) is 58.8 cm³/mol. The molecule has 1 aromatic heterocycles. The average molecular weight is 257 g/mol. The second-order valence-corrected chi connectivity index (χ2v) is 4.72. The highest BCUT2D eigenvalue weighted by molar-refractivity contribution is 5.99. The van der Waals surface area contributed by atoms with Crippen molar-refractivity contribution >= 4 is 11.6 Å². The number of nitrogens with zero attached hydrogens (tertiary/aromatic N) is 3. The lowest BCUT2D eigenvalue weighted by Crippen LogP contribution is -2.40. The number of ether oxygens (including phenoxy) is 1. The van der Waals surface area contributed by atoms with Gasteiger partial charge in [0.25, 0.3) is 5.92 Å². The molecule has 1 aliphatic heterocycles. The van der Waals surface area contributed by atoms with Crippen molar-refractivity contribution in [2.24, 2.45) is 13.0 Å². The third kappa shape index (κ3) is 1.49. The molecule has 0 radical (unpaired) electrons. The third-order valence-corrected chi connectivity index (χ3v) is 3.35. The van der Waals surface area contributed by atoms with E-state index in [1.165, 1.54) is 9.58 Å². The number of rotatable bonds is 1. The number of alkyl halides is 2. The van der Waals surface area contributed by atoms with E-state index >= 15 is 0 Å². The molecule has 5 nitrogen and oxygen atoms in total. The number of aromatic nitrogens is 2. The maximum atomic E-state index is 13.0. The van der Waals surface area contributed by atoms with Gasteiger partial charge in [0, 0.05) is 13.5 Å². The highest BCUT2D eigenvalue weighted by Crippen LogP contribution is 2.50. The molecule has 0 saturated heterocycles. The topological polar surface area (TPSA) is 47.4 Å². The van der Waals surface area contributed by atoms with E-state index in [-0.39, 0.29) is 6.42 Å². The summed E-state index contributed by atoms with van der Waals surface area (Å²) in [5, 5.41) is 4.15. The number of amides is 1. The number of fused-ring (bicyclic) bond motifs is 1. The van der Waals surface area contributed by atoms with Crippen LogP contribution in [0.5, 0.6) is 5.88 Å². The Morgan fingerprint density at radius 2 is 2.22 bits per heavy atom. The molecule has 0 N–H and O–H groups in total. The number of hydrogen-bond donors (Lipinski definition) is 0. The van der Waals surface area contributed by atoms with Crippen LogP contribution in [-0.4, -0.2) is 34.8 Å². The van der Waals surface area contributed by atoms with Crippen LogP contribution in [-0.2, 0) is 11.8 Å². The Balaban J connectivity index is 1.94. The molecule has 2 heterocycles. The van der Waals surface area contributed by atoms with Gasteiger partial charge < -0.3 is 9.64 Å². The van der Waals surface area contributed by atoms with Crippen LogP contribution >= 0.6 is 0 Å². The first kappa shape index (κ1) is 11.4. The maximum Gasteiger partial charge on any atom is 0.260 e. The van der Waals surface area contributed by atoms with Gasteiger partial charge in [-0.3, -0.25) is 4.79 Å². The van der Waals surface area contributed by atoms with Crippen LogP contribution in [0.3, 0.4) is 0 Å². The van der Waals surface area contributed by atoms with Gasteiger partial charge >= 0.3 is 0 Å². The first-order chi connectivity index (χ1) is 8.42. The Hall–Kier alpha value is -1.66. The summed E-state index contributed by atoms with van der Waals surface area (Å²) in [4.78, 5) is 13.4. The highest BCUT2D eigenvalue weighted by Gasteiger charge is 2.62. The van der Waals surface area contributed by atoms with Crippen molar-refractivity contribution in [3.05, 3.63) is 5.69 Å². The van der Waals surface area contributed by atoms with Crippen molar-refractivity contribution in [1.29, 1.82) is 0 Å². The second-order valence-electron chi connectivity index (χ2n) is 4.72. The Labute approximate surface area is 102 Å². The summed E-state index contributed by atoms with van der Waals surface area (Å²) in [6.07, 6.45) is -0.349. The van der Waals surface area contributed by atoms with Crippen LogP contribution in [0.4, 0.5) is 14.5 Å². The lowest BCUT2D eigenvalue weighted by atomic mass is 10.2. The summed E-state index contributed by atoms with van der Waals surface area (Å²) >= 11 is 0. The van der Waals surface area contributed by atoms with Crippen LogP contribution in [0.15, 0.2) is 0 Å². The van der Waals surface area contributed by atoms with Gasteiger partial charge in [0.15, 0.2) is 0 Å². The van der Waals surface area contributed by atoms with Crippen LogP contribution in [0, 0.1) is 12.8 Å². The first-order valence-electron chi connectivity index (χ1n) is 5.77. The van der Waals surface area contributed by atoms with Crippen molar-refractivity contribution in [2.75, 3.05) is 18.1 Å². The fraction of sp³-hybridized carbons (Fsp3) is 0.636. The molecule has 18 heavy (non-hydrogen) atoms. The zero-order valence-corrected chi connectivity index (χ0v) is 10.1. The van der Waals surface area contributed by atoms with Gasteiger partial charge in [0.2, 0.25) is 11.8 Å². The van der Waals surface area contributed by atoms with Gasteiger partial charge in [-0.25, -0.2) is 13.5 Å². The second kappa shape index (κ2) is 3.43. The van der Waals surface area contributed by atoms with Gasteiger partial charge in [-0.2, -0.15) is 5.10 Å². The summed E-state index contributed by atoms with van der Waals surface area (Å²) in [5.41, 5.74) is 1.14. The number of carbonyl (C=O) groups excluding carboxylic acids is 1. The van der Waals surface area contributed by atoms with Crippen molar-refractivity contribution < 1.29 is 18.3 Å². The molecule has 1 unspecified atom stereocenters. The van der Waals surface area contributed by atoms with E-state index in [4.69, 9.17) is 4.74 Å². The fourth-order valence-corrected chi connectivity index (χ4v) is 2.33. The molecule has 0 aromatic carbocycles. The maximum absolute atomic E-state index is 13.0. The first-order valence-corrected chi connectivity index (χ1v) is 5.77. The normalized spacial score (nSPS) is 24.4. The number of carbonyl (C=O) groups is 1. The molecule has 1 fully saturated rings. The Kier molecular flexibility index (Phi) is 2.18. The van der Waals surface area contributed by atoms with Crippen LogP contribution in [0.25, 0.3) is 0 Å². The molecule has 3 rings (SSSR count). The molecule has 1 saturated carbocycles. The molecule has 0 spiro atoms. The van der Waals surface area contributed by atoms with Crippen molar-refractivity contribution in [1.82, 2.24) is 9.78 Å². The molecule has 1 atom stereocenters. The van der Waals surface area contributed by atoms with E-state index in [0.29, 0.717) is 30.4 Å². The van der Waals surface area contributed by atoms with Crippen LogP contribution < -0.4 is 9.64 Å². The van der Waals surface area contributed by atoms with E-state index in [2.05, 4.69) is 5.10 Å². The molecule has 7 heteroatoms. The molecular formula is C11H13F2N3O2. The SMILES string of the molecule is Cc1nn(C)c2c1N(C(=O)C1CC1(F)F)CCO2. The van der Waals surface area contributed by atoms with Gasteiger partial charge in [-0.05, 0) is 6.92 Å². The van der Waals surface area contributed by atoms with Gasteiger partial charge in [-0.15, -0.1) is 0 Å². The molecule has 0 bridgehead atoms. The molecule has 1 aliphatic carbocycles. The Morgan fingerprint density at radius 1 is 1.56 bits per heavy atom. The van der Waals surface area contributed by atoms with E-state index in [1.807, 2.05) is 0 Å². The molecule has 2 aliphatic rings. The monoisotopic (exact) mass is 257 g/mol. The van der Waals surface area contributed by atoms with E-state index in [0.717, 1.165) is 0 Å². The van der Waals surface area contributed by atoms with E-state index in [9.17, 15) is 13.6 Å². The quantitative estimate of drug-likeness (QED) is 0.757. The zero-order chi connectivity index (χ0) is 13.1. The molecule has 98 valence electrons. The lowest BCUT2D eigenvalue weighted by Gasteiger charge is -2.27. The van der Waals surface area contributed by atoms with Crippen LogP contribution in [0.1, 0.15) is 12.1 Å². The fourth-order valence-electron chi connectivity index (χ4n) is 2.33. The standard InChI is InChI=1S/C11H13F2N3O2/c1-6-8-10(15(2)14-6)18-4-3-16(8)9(17)7-5-11(7,12)13/h7H,3-5H2,1-2H3. The minimum absolute atomic E-state index is 0.297. The Bertz CT molecular complexity index is 527. The Morgan fingerprint density at radius 3 is 2.83 bits per heavy atom. The summed E-state index contributed by atoms with van der Waals surface area (Å²) in [7, 11) is 1.70. The van der Waals surface area contributed by atoms with Crippen LogP contribution in [0.2, 0.25) is 0 Å². The minimum atomic E-state index is -2.84. The number of aryl methyl sites for hydroxylation is 2. The highest BCUT2D eigenvalue weighted by atomic mass is 19.3. The smallest absolute Gasteiger partial charge is 0.260 e. The van der Waals surface area contributed by atoms with Crippen molar-refractivity contribution in [3.63, 3.8) is 0 Å². The summed E-state index contributed by atoms with van der Waals surface area (Å²) in [6, 6.07) is 0. The number of anilines is 1. The summed E-state index contributed by atoms with van der Waals surface area (Å²) in [5.74, 6) is -4.08.